The Hall–Kier alpha value is -3.23. The van der Waals surface area contributed by atoms with E-state index in [1.807, 2.05) is 6.92 Å². The molecule has 1 N–H and O–H groups in total. The molecule has 0 fully saturated rings. The van der Waals surface area contributed by atoms with Crippen molar-refractivity contribution in [2.75, 3.05) is 0 Å². The maximum Gasteiger partial charge on any atom is 0.254 e. The van der Waals surface area contributed by atoms with Gasteiger partial charge < -0.3 is 5.32 Å². The van der Waals surface area contributed by atoms with E-state index >= 15 is 0 Å². The number of halogens is 1. The summed E-state index contributed by atoms with van der Waals surface area (Å²) in [7, 11) is -3.73. The minimum absolute atomic E-state index is 0.0678. The van der Waals surface area contributed by atoms with Gasteiger partial charge in [0, 0.05) is 31.3 Å². The summed E-state index contributed by atoms with van der Waals surface area (Å²) in [5.41, 5.74) is 2.04. The number of rotatable bonds is 5. The van der Waals surface area contributed by atoms with Gasteiger partial charge in [0.1, 0.15) is 0 Å². The maximum atomic E-state index is 12.8. The Bertz CT molecular complexity index is 1350. The molecular formula is C21H17ClN4O3S. The third-order valence-electron chi connectivity index (χ3n) is 4.57. The maximum absolute atomic E-state index is 12.8. The van der Waals surface area contributed by atoms with Crippen molar-refractivity contribution in [3.05, 3.63) is 89.0 Å². The van der Waals surface area contributed by atoms with Crippen LogP contribution in [0.2, 0.25) is 5.02 Å². The Kier molecular flexibility index (Phi) is 5.27. The van der Waals surface area contributed by atoms with E-state index in [0.29, 0.717) is 11.3 Å². The molecule has 4 rings (SSSR count). The molecule has 0 spiro atoms. The van der Waals surface area contributed by atoms with Crippen molar-refractivity contribution in [3.8, 4) is 0 Å². The summed E-state index contributed by atoms with van der Waals surface area (Å²) < 4.78 is 27.3. The second-order valence-electron chi connectivity index (χ2n) is 6.74. The molecular weight excluding hydrogens is 424 g/mol. The molecule has 0 bridgehead atoms. The zero-order chi connectivity index (χ0) is 21.3. The number of carbonyl (C=O) groups excluding carboxylic acids is 1. The molecule has 4 aromatic rings. The molecule has 0 unspecified atom stereocenters. The van der Waals surface area contributed by atoms with Crippen LogP contribution in [0.15, 0.2) is 77.0 Å². The smallest absolute Gasteiger partial charge is 0.254 e. The van der Waals surface area contributed by atoms with Crippen LogP contribution in [0, 0.1) is 6.92 Å². The summed E-state index contributed by atoms with van der Waals surface area (Å²) in [5, 5.41) is 2.98. The number of fused-ring (bicyclic) bond motifs is 1. The number of hydrogen-bond acceptors (Lipinski definition) is 5. The van der Waals surface area contributed by atoms with Gasteiger partial charge in [0.05, 0.1) is 20.4 Å². The molecule has 0 saturated carbocycles. The quantitative estimate of drug-likeness (QED) is 0.513. The SMILES string of the molecule is Cc1ccc(S(=O)(=O)c2ccc(CNC(=O)c3cnc4nccn4c3)cc2)c(Cl)c1. The van der Waals surface area contributed by atoms with E-state index in [4.69, 9.17) is 11.6 Å². The molecule has 2 aromatic heterocycles. The summed E-state index contributed by atoms with van der Waals surface area (Å²) in [4.78, 5) is 20.7. The lowest BCUT2D eigenvalue weighted by molar-refractivity contribution is 0.0950. The summed E-state index contributed by atoms with van der Waals surface area (Å²) >= 11 is 6.13. The number of amides is 1. The van der Waals surface area contributed by atoms with Crippen LogP contribution in [0.3, 0.4) is 0 Å². The molecule has 0 atom stereocenters. The molecule has 152 valence electrons. The van der Waals surface area contributed by atoms with Gasteiger partial charge in [0.2, 0.25) is 15.6 Å². The predicted octanol–water partition coefficient (Wildman–Crippen LogP) is 3.45. The molecule has 0 saturated heterocycles. The Morgan fingerprint density at radius 2 is 1.90 bits per heavy atom. The Labute approximate surface area is 178 Å². The first-order valence-electron chi connectivity index (χ1n) is 9.02. The molecule has 0 radical (unpaired) electrons. The molecule has 9 heteroatoms. The number of benzene rings is 2. The zero-order valence-electron chi connectivity index (χ0n) is 15.9. The summed E-state index contributed by atoms with van der Waals surface area (Å²) in [5.74, 6) is 0.221. The van der Waals surface area contributed by atoms with Gasteiger partial charge in [-0.1, -0.05) is 29.8 Å². The fraction of sp³-hybridized carbons (Fsp3) is 0.0952. The molecule has 1 amide bonds. The highest BCUT2D eigenvalue weighted by Gasteiger charge is 2.20. The largest absolute Gasteiger partial charge is 0.348 e. The van der Waals surface area contributed by atoms with Gasteiger partial charge in [-0.15, -0.1) is 0 Å². The Morgan fingerprint density at radius 3 is 2.63 bits per heavy atom. The minimum atomic E-state index is -3.73. The van der Waals surface area contributed by atoms with Crippen LogP contribution in [0.1, 0.15) is 21.5 Å². The van der Waals surface area contributed by atoms with E-state index < -0.39 is 9.84 Å². The molecule has 2 heterocycles. The van der Waals surface area contributed by atoms with E-state index in [1.54, 1.807) is 47.3 Å². The van der Waals surface area contributed by atoms with Crippen molar-refractivity contribution in [2.24, 2.45) is 0 Å². The Balaban J connectivity index is 1.47. The third kappa shape index (κ3) is 3.92. The first-order valence-corrected chi connectivity index (χ1v) is 10.9. The van der Waals surface area contributed by atoms with E-state index in [-0.39, 0.29) is 27.3 Å². The third-order valence-corrected chi connectivity index (χ3v) is 6.82. The van der Waals surface area contributed by atoms with Crippen LogP contribution in [-0.2, 0) is 16.4 Å². The summed E-state index contributed by atoms with van der Waals surface area (Å²) in [6, 6.07) is 11.2. The molecule has 30 heavy (non-hydrogen) atoms. The fourth-order valence-electron chi connectivity index (χ4n) is 2.96. The van der Waals surface area contributed by atoms with E-state index in [0.717, 1.165) is 11.1 Å². The number of nitrogens with one attached hydrogen (secondary N) is 1. The van der Waals surface area contributed by atoms with Crippen LogP contribution in [0.5, 0.6) is 0 Å². The van der Waals surface area contributed by atoms with Gasteiger partial charge in [-0.25, -0.2) is 18.4 Å². The number of imidazole rings is 1. The standard InChI is InChI=1S/C21H17ClN4O3S/c1-14-2-7-19(18(22)10-14)30(28,29)17-5-3-15(4-6-17)11-24-20(27)16-12-25-21-23-8-9-26(21)13-16/h2-10,12-13H,11H2,1H3,(H,24,27). The van der Waals surface area contributed by atoms with Crippen molar-refractivity contribution in [1.29, 1.82) is 0 Å². The van der Waals surface area contributed by atoms with Gasteiger partial charge >= 0.3 is 0 Å². The van der Waals surface area contributed by atoms with E-state index in [9.17, 15) is 13.2 Å². The molecule has 0 aliphatic heterocycles. The average molecular weight is 441 g/mol. The lowest BCUT2D eigenvalue weighted by Gasteiger charge is -2.09. The number of aryl methyl sites for hydroxylation is 1. The van der Waals surface area contributed by atoms with E-state index in [2.05, 4.69) is 15.3 Å². The van der Waals surface area contributed by atoms with Gasteiger partial charge in [0.25, 0.3) is 5.91 Å². The van der Waals surface area contributed by atoms with Crippen LogP contribution in [-0.4, -0.2) is 28.7 Å². The first-order chi connectivity index (χ1) is 14.3. The normalized spacial score (nSPS) is 11.5. The topological polar surface area (TPSA) is 93.4 Å². The van der Waals surface area contributed by atoms with Crippen molar-refractivity contribution in [2.45, 2.75) is 23.3 Å². The second-order valence-corrected chi connectivity index (χ2v) is 9.07. The second kappa shape index (κ2) is 7.89. The van der Waals surface area contributed by atoms with Crippen molar-refractivity contribution >= 4 is 33.1 Å². The highest BCUT2D eigenvalue weighted by Crippen LogP contribution is 2.28. The number of nitrogens with zero attached hydrogens (tertiary/aromatic N) is 3. The number of hydrogen-bond donors (Lipinski definition) is 1. The summed E-state index contributed by atoms with van der Waals surface area (Å²) in [6.45, 7) is 2.08. The average Bonchev–Trinajstić information content (AvgIpc) is 3.20. The van der Waals surface area contributed by atoms with Gasteiger partial charge in [-0.3, -0.25) is 9.20 Å². The lowest BCUT2D eigenvalue weighted by Crippen LogP contribution is -2.23. The molecule has 7 nitrogen and oxygen atoms in total. The van der Waals surface area contributed by atoms with Gasteiger partial charge in [0.15, 0.2) is 0 Å². The van der Waals surface area contributed by atoms with Crippen molar-refractivity contribution in [1.82, 2.24) is 19.7 Å². The number of carbonyl (C=O) groups is 1. The van der Waals surface area contributed by atoms with Crippen LogP contribution < -0.4 is 5.32 Å². The number of aromatic nitrogens is 3. The fourth-order valence-corrected chi connectivity index (χ4v) is 4.81. The van der Waals surface area contributed by atoms with Crippen LogP contribution in [0.4, 0.5) is 0 Å². The monoisotopic (exact) mass is 440 g/mol. The van der Waals surface area contributed by atoms with Crippen molar-refractivity contribution < 1.29 is 13.2 Å². The zero-order valence-corrected chi connectivity index (χ0v) is 17.5. The highest BCUT2D eigenvalue weighted by molar-refractivity contribution is 7.91. The van der Waals surface area contributed by atoms with Crippen LogP contribution >= 0.6 is 11.6 Å². The first kappa shape index (κ1) is 20.1. The van der Waals surface area contributed by atoms with Crippen LogP contribution in [0.25, 0.3) is 5.78 Å². The molecule has 0 aliphatic carbocycles. The number of sulfone groups is 1. The van der Waals surface area contributed by atoms with Gasteiger partial charge in [-0.05, 0) is 42.3 Å². The molecule has 0 aliphatic rings. The predicted molar refractivity (Wildman–Crippen MR) is 112 cm³/mol. The summed E-state index contributed by atoms with van der Waals surface area (Å²) in [6.07, 6.45) is 6.41. The molecule has 2 aromatic carbocycles. The van der Waals surface area contributed by atoms with Crippen molar-refractivity contribution in [3.63, 3.8) is 0 Å². The lowest BCUT2D eigenvalue weighted by atomic mass is 10.2. The van der Waals surface area contributed by atoms with E-state index in [1.165, 1.54) is 24.4 Å². The highest BCUT2D eigenvalue weighted by atomic mass is 35.5. The van der Waals surface area contributed by atoms with Gasteiger partial charge in [-0.2, -0.15) is 0 Å². The Morgan fingerprint density at radius 1 is 1.13 bits per heavy atom. The minimum Gasteiger partial charge on any atom is -0.348 e.